The molecule has 0 bridgehead atoms. The molecule has 2 aliphatic rings. The van der Waals surface area contributed by atoms with Crippen molar-refractivity contribution in [1.82, 2.24) is 4.90 Å². The molecular formula is C20H22N2O3S. The largest absolute Gasteiger partial charge is 0.375 e. The van der Waals surface area contributed by atoms with E-state index in [-0.39, 0.29) is 30.4 Å². The van der Waals surface area contributed by atoms with Gasteiger partial charge in [-0.2, -0.15) is 0 Å². The Hall–Kier alpha value is -2.18. The van der Waals surface area contributed by atoms with Crippen LogP contribution in [0.1, 0.15) is 34.9 Å². The van der Waals surface area contributed by atoms with Gasteiger partial charge < -0.3 is 15.0 Å². The molecule has 0 saturated heterocycles. The average molecular weight is 370 g/mol. The van der Waals surface area contributed by atoms with Crippen molar-refractivity contribution in [3.63, 3.8) is 0 Å². The zero-order chi connectivity index (χ0) is 18.1. The van der Waals surface area contributed by atoms with Crippen LogP contribution in [0, 0.1) is 5.92 Å². The van der Waals surface area contributed by atoms with E-state index in [9.17, 15) is 9.59 Å². The topological polar surface area (TPSA) is 58.6 Å². The molecule has 2 heterocycles. The van der Waals surface area contributed by atoms with Crippen LogP contribution in [-0.4, -0.2) is 37.0 Å². The fourth-order valence-corrected chi connectivity index (χ4v) is 4.39. The van der Waals surface area contributed by atoms with Gasteiger partial charge in [0.05, 0.1) is 6.04 Å². The van der Waals surface area contributed by atoms with Gasteiger partial charge in [0.2, 0.25) is 11.8 Å². The number of carbonyl (C=O) groups excluding carboxylic acids is 2. The van der Waals surface area contributed by atoms with Crippen molar-refractivity contribution >= 4 is 28.8 Å². The summed E-state index contributed by atoms with van der Waals surface area (Å²) in [5, 5.41) is 5.05. The van der Waals surface area contributed by atoms with Gasteiger partial charge in [0.1, 0.15) is 6.61 Å². The Balaban J connectivity index is 1.60. The molecule has 0 unspecified atom stereocenters. The van der Waals surface area contributed by atoms with Crippen molar-refractivity contribution in [3.8, 4) is 0 Å². The summed E-state index contributed by atoms with van der Waals surface area (Å²) in [5.74, 6) is 0.288. The quantitative estimate of drug-likeness (QED) is 0.879. The SMILES string of the molecule is COCC(=O)N1CCc2sccc2[C@H]1c1ccc(NC(=O)C2CC2)cc1. The number of anilines is 1. The van der Waals surface area contributed by atoms with Gasteiger partial charge in [-0.15, -0.1) is 11.3 Å². The highest BCUT2D eigenvalue weighted by Gasteiger charge is 2.33. The van der Waals surface area contributed by atoms with Gasteiger partial charge in [-0.1, -0.05) is 12.1 Å². The Bertz CT molecular complexity index is 811. The molecule has 1 N–H and O–H groups in total. The third-order valence-electron chi connectivity index (χ3n) is 5.00. The Kier molecular flexibility index (Phi) is 4.78. The lowest BCUT2D eigenvalue weighted by Crippen LogP contribution is -2.41. The third kappa shape index (κ3) is 3.39. The number of hydrogen-bond donors (Lipinski definition) is 1. The van der Waals surface area contributed by atoms with Crippen molar-refractivity contribution in [2.45, 2.75) is 25.3 Å². The number of fused-ring (bicyclic) bond motifs is 1. The first-order valence-electron chi connectivity index (χ1n) is 8.93. The summed E-state index contributed by atoms with van der Waals surface area (Å²) in [4.78, 5) is 27.7. The van der Waals surface area contributed by atoms with Gasteiger partial charge in [-0.05, 0) is 54.0 Å². The Morgan fingerprint density at radius 2 is 2.00 bits per heavy atom. The Morgan fingerprint density at radius 3 is 2.69 bits per heavy atom. The number of nitrogens with zero attached hydrogens (tertiary/aromatic N) is 1. The Morgan fingerprint density at radius 1 is 1.23 bits per heavy atom. The lowest BCUT2D eigenvalue weighted by molar-refractivity contribution is -0.137. The molecule has 136 valence electrons. The Labute approximate surface area is 157 Å². The number of methoxy groups -OCH3 is 1. The van der Waals surface area contributed by atoms with Gasteiger partial charge in [0.15, 0.2) is 0 Å². The highest BCUT2D eigenvalue weighted by Crippen LogP contribution is 2.38. The number of hydrogen-bond acceptors (Lipinski definition) is 4. The van der Waals surface area contributed by atoms with Crippen molar-refractivity contribution in [2.75, 3.05) is 25.6 Å². The highest BCUT2D eigenvalue weighted by molar-refractivity contribution is 7.10. The second-order valence-corrected chi connectivity index (χ2v) is 7.86. The molecule has 1 saturated carbocycles. The number of benzene rings is 1. The molecule has 2 aromatic rings. The second-order valence-electron chi connectivity index (χ2n) is 6.86. The van der Waals surface area contributed by atoms with Gasteiger partial charge >= 0.3 is 0 Å². The van der Waals surface area contributed by atoms with E-state index in [0.717, 1.165) is 30.5 Å². The van der Waals surface area contributed by atoms with Crippen molar-refractivity contribution in [3.05, 3.63) is 51.7 Å². The number of nitrogens with one attached hydrogen (secondary N) is 1. The lowest BCUT2D eigenvalue weighted by Gasteiger charge is -2.36. The first kappa shape index (κ1) is 17.2. The summed E-state index contributed by atoms with van der Waals surface area (Å²) < 4.78 is 5.07. The minimum absolute atomic E-state index is 0.000428. The monoisotopic (exact) mass is 370 g/mol. The molecule has 6 heteroatoms. The maximum absolute atomic E-state index is 12.6. The summed E-state index contributed by atoms with van der Waals surface area (Å²) in [5.41, 5.74) is 3.06. The molecule has 4 rings (SSSR count). The van der Waals surface area contributed by atoms with Crippen LogP contribution in [0.25, 0.3) is 0 Å². The van der Waals surface area contributed by atoms with Crippen molar-refractivity contribution in [2.24, 2.45) is 5.92 Å². The van der Waals surface area contributed by atoms with Gasteiger partial charge in [-0.25, -0.2) is 0 Å². The average Bonchev–Trinajstić information content (AvgIpc) is 3.39. The molecule has 1 aliphatic carbocycles. The molecule has 2 amide bonds. The molecule has 1 aliphatic heterocycles. The number of ether oxygens (including phenoxy) is 1. The predicted molar refractivity (Wildman–Crippen MR) is 101 cm³/mol. The molecule has 1 atom stereocenters. The van der Waals surface area contributed by atoms with Crippen LogP contribution in [0.5, 0.6) is 0 Å². The number of carbonyl (C=O) groups is 2. The molecule has 1 fully saturated rings. The number of rotatable bonds is 5. The zero-order valence-corrected chi connectivity index (χ0v) is 15.6. The van der Waals surface area contributed by atoms with Crippen LogP contribution in [0.15, 0.2) is 35.7 Å². The van der Waals surface area contributed by atoms with Crippen LogP contribution in [0.4, 0.5) is 5.69 Å². The fourth-order valence-electron chi connectivity index (χ4n) is 3.49. The summed E-state index contributed by atoms with van der Waals surface area (Å²) in [6, 6.07) is 9.88. The molecule has 1 aromatic heterocycles. The van der Waals surface area contributed by atoms with Crippen molar-refractivity contribution in [1.29, 1.82) is 0 Å². The van der Waals surface area contributed by atoms with Gasteiger partial charge in [0.25, 0.3) is 0 Å². The van der Waals surface area contributed by atoms with Crippen LogP contribution < -0.4 is 5.32 Å². The minimum atomic E-state index is -0.0965. The van der Waals surface area contributed by atoms with E-state index in [4.69, 9.17) is 4.74 Å². The third-order valence-corrected chi connectivity index (χ3v) is 5.99. The van der Waals surface area contributed by atoms with E-state index < -0.39 is 0 Å². The first-order chi connectivity index (χ1) is 12.7. The molecular weight excluding hydrogens is 348 g/mol. The maximum atomic E-state index is 12.6. The minimum Gasteiger partial charge on any atom is -0.375 e. The van der Waals surface area contributed by atoms with Crippen LogP contribution in [0.2, 0.25) is 0 Å². The second kappa shape index (κ2) is 7.21. The van der Waals surface area contributed by atoms with E-state index in [1.165, 1.54) is 10.4 Å². The van der Waals surface area contributed by atoms with E-state index in [0.29, 0.717) is 6.54 Å². The lowest BCUT2D eigenvalue weighted by atomic mass is 9.93. The summed E-state index contributed by atoms with van der Waals surface area (Å²) >= 11 is 1.75. The van der Waals surface area contributed by atoms with E-state index >= 15 is 0 Å². The standard InChI is InChI=1S/C20H22N2O3S/c1-25-12-18(23)22-10-8-17-16(9-11-26-17)19(22)13-4-6-15(7-5-13)21-20(24)14-2-3-14/h4-7,9,11,14,19H,2-3,8,10,12H2,1H3,(H,21,24)/t19-/m1/s1. The fraction of sp³-hybridized carbons (Fsp3) is 0.400. The van der Waals surface area contributed by atoms with E-state index in [2.05, 4.69) is 16.8 Å². The van der Waals surface area contributed by atoms with Gasteiger partial charge in [-0.3, -0.25) is 9.59 Å². The van der Waals surface area contributed by atoms with E-state index in [1.54, 1.807) is 18.4 Å². The maximum Gasteiger partial charge on any atom is 0.249 e. The number of thiophene rings is 1. The zero-order valence-electron chi connectivity index (χ0n) is 14.7. The van der Waals surface area contributed by atoms with Crippen LogP contribution in [-0.2, 0) is 20.7 Å². The normalized spacial score (nSPS) is 19.1. The smallest absolute Gasteiger partial charge is 0.249 e. The van der Waals surface area contributed by atoms with Crippen LogP contribution >= 0.6 is 11.3 Å². The molecule has 26 heavy (non-hydrogen) atoms. The highest BCUT2D eigenvalue weighted by atomic mass is 32.1. The predicted octanol–water partition coefficient (Wildman–Crippen LogP) is 3.22. The molecule has 5 nitrogen and oxygen atoms in total. The van der Waals surface area contributed by atoms with Gasteiger partial charge in [0, 0.05) is 30.1 Å². The number of amides is 2. The van der Waals surface area contributed by atoms with Crippen molar-refractivity contribution < 1.29 is 14.3 Å². The first-order valence-corrected chi connectivity index (χ1v) is 9.81. The summed E-state index contributed by atoms with van der Waals surface area (Å²) in [6.07, 6.45) is 2.86. The van der Waals surface area contributed by atoms with Crippen LogP contribution in [0.3, 0.4) is 0 Å². The summed E-state index contributed by atoms with van der Waals surface area (Å²) in [7, 11) is 1.55. The molecule has 0 radical (unpaired) electrons. The summed E-state index contributed by atoms with van der Waals surface area (Å²) in [6.45, 7) is 0.784. The molecule has 1 aromatic carbocycles. The molecule has 0 spiro atoms. The van der Waals surface area contributed by atoms with E-state index in [1.807, 2.05) is 29.2 Å².